The lowest BCUT2D eigenvalue weighted by Crippen LogP contribution is -1.99. The van der Waals surface area contributed by atoms with Crippen LogP contribution in [0.2, 0.25) is 0 Å². The standard InChI is InChI=1S/C11H10FN3/c1-7-4-2-3-5-8(7)10-9(12)6-14-11(13)15-10/h2-6H,1H3,(H2,13,14,15). The van der Waals surface area contributed by atoms with E-state index < -0.39 is 5.82 Å². The molecule has 0 saturated heterocycles. The Labute approximate surface area is 86.8 Å². The van der Waals surface area contributed by atoms with E-state index in [1.54, 1.807) is 6.07 Å². The van der Waals surface area contributed by atoms with E-state index in [1.165, 1.54) is 0 Å². The molecule has 0 unspecified atom stereocenters. The van der Waals surface area contributed by atoms with Gasteiger partial charge in [-0.05, 0) is 12.5 Å². The van der Waals surface area contributed by atoms with Gasteiger partial charge < -0.3 is 5.73 Å². The van der Waals surface area contributed by atoms with Crippen LogP contribution in [0.15, 0.2) is 30.5 Å². The van der Waals surface area contributed by atoms with Crippen molar-refractivity contribution in [1.29, 1.82) is 0 Å². The van der Waals surface area contributed by atoms with Crippen molar-refractivity contribution in [2.24, 2.45) is 0 Å². The smallest absolute Gasteiger partial charge is 0.220 e. The molecule has 0 atom stereocenters. The fourth-order valence-corrected chi connectivity index (χ4v) is 1.41. The van der Waals surface area contributed by atoms with Crippen molar-refractivity contribution >= 4 is 5.95 Å². The average Bonchev–Trinajstić information content (AvgIpc) is 2.23. The number of anilines is 1. The molecule has 3 nitrogen and oxygen atoms in total. The fourth-order valence-electron chi connectivity index (χ4n) is 1.41. The summed E-state index contributed by atoms with van der Waals surface area (Å²) in [6, 6.07) is 7.43. The average molecular weight is 203 g/mol. The van der Waals surface area contributed by atoms with Crippen LogP contribution in [0.25, 0.3) is 11.3 Å². The summed E-state index contributed by atoms with van der Waals surface area (Å²) in [5, 5.41) is 0. The van der Waals surface area contributed by atoms with Gasteiger partial charge in [-0.3, -0.25) is 0 Å². The minimum Gasteiger partial charge on any atom is -0.368 e. The number of aryl methyl sites for hydroxylation is 1. The highest BCUT2D eigenvalue weighted by atomic mass is 19.1. The van der Waals surface area contributed by atoms with Crippen molar-refractivity contribution in [2.75, 3.05) is 5.73 Å². The molecule has 0 amide bonds. The molecule has 0 aliphatic carbocycles. The van der Waals surface area contributed by atoms with Crippen molar-refractivity contribution in [1.82, 2.24) is 9.97 Å². The van der Waals surface area contributed by atoms with Crippen molar-refractivity contribution < 1.29 is 4.39 Å². The first-order valence-corrected chi connectivity index (χ1v) is 4.52. The van der Waals surface area contributed by atoms with Gasteiger partial charge in [-0.2, -0.15) is 0 Å². The van der Waals surface area contributed by atoms with E-state index >= 15 is 0 Å². The molecule has 1 heterocycles. The van der Waals surface area contributed by atoms with E-state index in [9.17, 15) is 4.39 Å². The Bertz CT molecular complexity index is 497. The Morgan fingerprint density at radius 1 is 1.27 bits per heavy atom. The zero-order valence-corrected chi connectivity index (χ0v) is 8.24. The summed E-state index contributed by atoms with van der Waals surface area (Å²) in [5.41, 5.74) is 7.37. The van der Waals surface area contributed by atoms with Gasteiger partial charge in [0.05, 0.1) is 6.20 Å². The van der Waals surface area contributed by atoms with Gasteiger partial charge in [-0.15, -0.1) is 0 Å². The monoisotopic (exact) mass is 203 g/mol. The van der Waals surface area contributed by atoms with Gasteiger partial charge in [-0.25, -0.2) is 14.4 Å². The summed E-state index contributed by atoms with van der Waals surface area (Å²) >= 11 is 0. The van der Waals surface area contributed by atoms with Crippen LogP contribution in [0.5, 0.6) is 0 Å². The Morgan fingerprint density at radius 2 is 2.00 bits per heavy atom. The van der Waals surface area contributed by atoms with Crippen molar-refractivity contribution in [2.45, 2.75) is 6.92 Å². The van der Waals surface area contributed by atoms with E-state index in [0.717, 1.165) is 17.3 Å². The number of nitrogen functional groups attached to an aromatic ring is 1. The first kappa shape index (κ1) is 9.58. The number of hydrogen-bond acceptors (Lipinski definition) is 3. The highest BCUT2D eigenvalue weighted by molar-refractivity contribution is 5.64. The maximum atomic E-state index is 13.5. The second-order valence-corrected chi connectivity index (χ2v) is 3.24. The SMILES string of the molecule is Cc1ccccc1-c1nc(N)ncc1F. The largest absolute Gasteiger partial charge is 0.368 e. The highest BCUT2D eigenvalue weighted by Gasteiger charge is 2.09. The maximum Gasteiger partial charge on any atom is 0.220 e. The Morgan fingerprint density at radius 3 is 2.73 bits per heavy atom. The fraction of sp³-hybridized carbons (Fsp3) is 0.0909. The molecular weight excluding hydrogens is 193 g/mol. The molecule has 4 heteroatoms. The molecule has 0 aliphatic rings. The Kier molecular flexibility index (Phi) is 2.33. The third-order valence-electron chi connectivity index (χ3n) is 2.16. The Balaban J connectivity index is 2.64. The van der Waals surface area contributed by atoms with Gasteiger partial charge in [-0.1, -0.05) is 24.3 Å². The van der Waals surface area contributed by atoms with Gasteiger partial charge in [0.2, 0.25) is 5.95 Å². The predicted octanol–water partition coefficient (Wildman–Crippen LogP) is 2.17. The molecule has 0 fully saturated rings. The van der Waals surface area contributed by atoms with Crippen LogP contribution in [0.1, 0.15) is 5.56 Å². The third kappa shape index (κ3) is 1.79. The van der Waals surface area contributed by atoms with Crippen LogP contribution in [0, 0.1) is 12.7 Å². The predicted molar refractivity (Wildman–Crippen MR) is 56.6 cm³/mol. The summed E-state index contributed by atoms with van der Waals surface area (Å²) in [6.45, 7) is 1.90. The molecule has 15 heavy (non-hydrogen) atoms. The number of nitrogens with two attached hydrogens (primary N) is 1. The van der Waals surface area contributed by atoms with Crippen molar-refractivity contribution in [3.8, 4) is 11.3 Å². The minimum absolute atomic E-state index is 0.0784. The molecule has 2 rings (SSSR count). The molecule has 1 aromatic carbocycles. The molecule has 2 aromatic rings. The molecular formula is C11H10FN3. The molecule has 0 bridgehead atoms. The number of halogens is 1. The Hall–Kier alpha value is -1.97. The van der Waals surface area contributed by atoms with Crippen LogP contribution in [-0.4, -0.2) is 9.97 Å². The number of nitrogens with zero attached hydrogens (tertiary/aromatic N) is 2. The second-order valence-electron chi connectivity index (χ2n) is 3.24. The van der Waals surface area contributed by atoms with E-state index in [2.05, 4.69) is 9.97 Å². The van der Waals surface area contributed by atoms with E-state index in [0.29, 0.717) is 0 Å². The first-order chi connectivity index (χ1) is 7.18. The third-order valence-corrected chi connectivity index (χ3v) is 2.16. The lowest BCUT2D eigenvalue weighted by atomic mass is 10.1. The highest BCUT2D eigenvalue weighted by Crippen LogP contribution is 2.23. The number of rotatable bonds is 1. The van der Waals surface area contributed by atoms with Crippen molar-refractivity contribution in [3.05, 3.63) is 41.8 Å². The van der Waals surface area contributed by atoms with E-state index in [1.807, 2.05) is 25.1 Å². The van der Waals surface area contributed by atoms with Gasteiger partial charge >= 0.3 is 0 Å². The molecule has 0 saturated carbocycles. The summed E-state index contributed by atoms with van der Waals surface area (Å²) in [6.07, 6.45) is 1.09. The summed E-state index contributed by atoms with van der Waals surface area (Å²) in [5.74, 6) is -0.381. The van der Waals surface area contributed by atoms with Gasteiger partial charge in [0, 0.05) is 5.56 Å². The van der Waals surface area contributed by atoms with Gasteiger partial charge in [0.1, 0.15) is 5.69 Å². The zero-order chi connectivity index (χ0) is 10.8. The normalized spacial score (nSPS) is 10.3. The number of benzene rings is 1. The minimum atomic E-state index is -0.460. The van der Waals surface area contributed by atoms with Crippen LogP contribution in [0.3, 0.4) is 0 Å². The topological polar surface area (TPSA) is 51.8 Å². The number of aromatic nitrogens is 2. The summed E-state index contributed by atoms with van der Waals surface area (Å²) < 4.78 is 13.5. The zero-order valence-electron chi connectivity index (χ0n) is 8.24. The van der Waals surface area contributed by atoms with E-state index in [4.69, 9.17) is 5.73 Å². The van der Waals surface area contributed by atoms with E-state index in [-0.39, 0.29) is 11.6 Å². The first-order valence-electron chi connectivity index (χ1n) is 4.52. The molecule has 0 radical (unpaired) electrons. The van der Waals surface area contributed by atoms with Crippen LogP contribution < -0.4 is 5.73 Å². The molecule has 0 aliphatic heterocycles. The maximum absolute atomic E-state index is 13.5. The molecule has 0 spiro atoms. The lowest BCUT2D eigenvalue weighted by molar-refractivity contribution is 0.619. The second kappa shape index (κ2) is 3.65. The van der Waals surface area contributed by atoms with Crippen molar-refractivity contribution in [3.63, 3.8) is 0 Å². The lowest BCUT2D eigenvalue weighted by Gasteiger charge is -2.05. The summed E-state index contributed by atoms with van der Waals surface area (Å²) in [7, 11) is 0. The molecule has 1 aromatic heterocycles. The van der Waals surface area contributed by atoms with Crippen LogP contribution in [0.4, 0.5) is 10.3 Å². The number of hydrogen-bond donors (Lipinski definition) is 1. The summed E-state index contributed by atoms with van der Waals surface area (Å²) in [4.78, 5) is 7.48. The molecule has 76 valence electrons. The van der Waals surface area contributed by atoms with Crippen LogP contribution >= 0.6 is 0 Å². The van der Waals surface area contributed by atoms with Gasteiger partial charge in [0.25, 0.3) is 0 Å². The van der Waals surface area contributed by atoms with Crippen LogP contribution in [-0.2, 0) is 0 Å². The molecule has 2 N–H and O–H groups in total. The quantitative estimate of drug-likeness (QED) is 0.772. The van der Waals surface area contributed by atoms with Gasteiger partial charge in [0.15, 0.2) is 5.82 Å².